The van der Waals surface area contributed by atoms with E-state index in [-0.39, 0.29) is 24.3 Å². The molecule has 39 heavy (non-hydrogen) atoms. The number of hydrogen-bond donors (Lipinski definition) is 0. The van der Waals surface area contributed by atoms with E-state index in [9.17, 15) is 22.4 Å². The minimum Gasteiger partial charge on any atom is -0.486 e. The Kier molecular flexibility index (Phi) is 8.15. The lowest BCUT2D eigenvalue weighted by Gasteiger charge is -2.16. The third-order valence-corrected chi connectivity index (χ3v) is 6.08. The summed E-state index contributed by atoms with van der Waals surface area (Å²) in [5, 5.41) is 1.20. The summed E-state index contributed by atoms with van der Waals surface area (Å²) in [6, 6.07) is 8.94. The van der Waals surface area contributed by atoms with Gasteiger partial charge in [0, 0.05) is 45.8 Å². The van der Waals surface area contributed by atoms with Gasteiger partial charge in [0.25, 0.3) is 5.56 Å². The lowest BCUT2D eigenvalue weighted by molar-refractivity contribution is -0.138. The third-order valence-electron chi connectivity index (χ3n) is 5.90. The molecule has 6 nitrogen and oxygen atoms in total. The molecule has 0 aliphatic rings. The molecule has 0 N–H and O–H groups in total. The summed E-state index contributed by atoms with van der Waals surface area (Å²) in [6.45, 7) is 4.70. The SMILES string of the molecule is CC=NC(=C(C)Cl)c1cc(C)nc2c(OCc3c(F)cncc3Cn3cccc(C(F)(F)F)c3=O)cccc12. The Labute approximate surface area is 226 Å². The summed E-state index contributed by atoms with van der Waals surface area (Å²) in [4.78, 5) is 25.2. The first-order valence-corrected chi connectivity index (χ1v) is 12.2. The monoisotopic (exact) mass is 558 g/mol. The molecule has 11 heteroatoms. The van der Waals surface area contributed by atoms with Crippen LogP contribution in [0.1, 0.15) is 41.8 Å². The zero-order valence-corrected chi connectivity index (χ0v) is 21.9. The van der Waals surface area contributed by atoms with Gasteiger partial charge in [0.1, 0.15) is 29.3 Å². The van der Waals surface area contributed by atoms with Crippen LogP contribution in [-0.4, -0.2) is 20.7 Å². The van der Waals surface area contributed by atoms with Gasteiger partial charge in [-0.05, 0) is 50.6 Å². The van der Waals surface area contributed by atoms with Crippen molar-refractivity contribution < 1.29 is 22.3 Å². The number of aromatic nitrogens is 3. The molecular weight excluding hydrogens is 536 g/mol. The molecule has 202 valence electrons. The number of ether oxygens (including phenoxy) is 1. The second-order valence-corrected chi connectivity index (χ2v) is 9.20. The van der Waals surface area contributed by atoms with E-state index in [1.165, 1.54) is 12.4 Å². The quantitative estimate of drug-likeness (QED) is 0.183. The zero-order chi connectivity index (χ0) is 28.3. The third kappa shape index (κ3) is 6.01. The zero-order valence-electron chi connectivity index (χ0n) is 21.2. The van der Waals surface area contributed by atoms with Crippen LogP contribution in [0.4, 0.5) is 17.6 Å². The molecule has 0 saturated heterocycles. The molecule has 0 aliphatic carbocycles. The number of benzene rings is 1. The van der Waals surface area contributed by atoms with Gasteiger partial charge in [0.2, 0.25) is 0 Å². The summed E-state index contributed by atoms with van der Waals surface area (Å²) >= 11 is 6.32. The topological polar surface area (TPSA) is 69.4 Å². The Balaban J connectivity index is 1.72. The average Bonchev–Trinajstić information content (AvgIpc) is 2.87. The Morgan fingerprint density at radius 1 is 1.21 bits per heavy atom. The van der Waals surface area contributed by atoms with Crippen molar-refractivity contribution in [1.29, 1.82) is 0 Å². The number of para-hydroxylation sites is 1. The van der Waals surface area contributed by atoms with E-state index in [4.69, 9.17) is 16.3 Å². The predicted octanol–water partition coefficient (Wildman–Crippen LogP) is 6.90. The molecular formula is C28H23ClF4N4O2. The minimum absolute atomic E-state index is 0.0481. The van der Waals surface area contributed by atoms with Gasteiger partial charge in [-0.25, -0.2) is 9.37 Å². The normalized spacial score (nSPS) is 12.7. The van der Waals surface area contributed by atoms with E-state index in [2.05, 4.69) is 15.0 Å². The maximum atomic E-state index is 14.9. The molecule has 0 spiro atoms. The number of halogens is 5. The highest BCUT2D eigenvalue weighted by Crippen LogP contribution is 2.34. The standard InChI is InChI=1S/C28H23ClF4N4O2/c1-4-35-25(17(3)29)20-11-16(2)36-26-19(20)7-5-9-24(26)39-15-21-18(12-34-13-23(21)30)14-37-10-6-8-22(27(37)38)28(31,32)33/h4-13H,14-15H2,1-3H3. The van der Waals surface area contributed by atoms with E-state index >= 15 is 0 Å². The number of alkyl halides is 3. The van der Waals surface area contributed by atoms with Crippen LogP contribution in [-0.2, 0) is 19.3 Å². The minimum atomic E-state index is -4.82. The first-order chi connectivity index (χ1) is 18.5. The molecule has 0 atom stereocenters. The molecule has 0 saturated carbocycles. The lowest BCUT2D eigenvalue weighted by Crippen LogP contribution is -2.28. The van der Waals surface area contributed by atoms with Crippen molar-refractivity contribution in [2.45, 2.75) is 40.1 Å². The number of fused-ring (bicyclic) bond motifs is 1. The van der Waals surface area contributed by atoms with Gasteiger partial charge in [-0.1, -0.05) is 23.7 Å². The second kappa shape index (κ2) is 11.4. The summed E-state index contributed by atoms with van der Waals surface area (Å²) < 4.78 is 61.4. The van der Waals surface area contributed by atoms with Crippen LogP contribution in [0, 0.1) is 12.7 Å². The molecule has 0 fully saturated rings. The molecule has 0 bridgehead atoms. The summed E-state index contributed by atoms with van der Waals surface area (Å²) in [7, 11) is 0. The molecule has 4 rings (SSSR count). The highest BCUT2D eigenvalue weighted by molar-refractivity contribution is 6.32. The fourth-order valence-electron chi connectivity index (χ4n) is 4.15. The van der Waals surface area contributed by atoms with Crippen LogP contribution in [0.3, 0.4) is 0 Å². The van der Waals surface area contributed by atoms with Crippen LogP contribution >= 0.6 is 11.6 Å². The Bertz CT molecular complexity index is 1660. The smallest absolute Gasteiger partial charge is 0.421 e. The van der Waals surface area contributed by atoms with Crippen molar-refractivity contribution in [2.24, 2.45) is 4.99 Å². The van der Waals surface area contributed by atoms with Crippen molar-refractivity contribution in [3.8, 4) is 5.75 Å². The lowest BCUT2D eigenvalue weighted by atomic mass is 10.0. The number of pyridine rings is 3. The number of hydrogen-bond acceptors (Lipinski definition) is 5. The van der Waals surface area contributed by atoms with E-state index in [1.54, 1.807) is 32.2 Å². The Morgan fingerprint density at radius 2 is 1.97 bits per heavy atom. The molecule has 4 aromatic rings. The molecule has 0 aliphatic heterocycles. The number of nitrogens with zero attached hydrogens (tertiary/aromatic N) is 4. The molecule has 0 unspecified atom stereocenters. The first kappa shape index (κ1) is 28.0. The van der Waals surface area contributed by atoms with Gasteiger partial charge in [0.05, 0.1) is 18.4 Å². The van der Waals surface area contributed by atoms with Crippen molar-refractivity contribution >= 4 is 34.4 Å². The number of aryl methyl sites for hydroxylation is 1. The Hall–Kier alpha value is -4.05. The highest BCUT2D eigenvalue weighted by atomic mass is 35.5. The van der Waals surface area contributed by atoms with Gasteiger partial charge in [-0.2, -0.15) is 13.2 Å². The molecule has 0 amide bonds. The van der Waals surface area contributed by atoms with Gasteiger partial charge >= 0.3 is 6.18 Å². The fraction of sp³-hybridized carbons (Fsp3) is 0.214. The predicted molar refractivity (Wildman–Crippen MR) is 142 cm³/mol. The van der Waals surface area contributed by atoms with Crippen LogP contribution in [0.5, 0.6) is 5.75 Å². The fourth-order valence-corrected chi connectivity index (χ4v) is 4.30. The van der Waals surface area contributed by atoms with Crippen molar-refractivity contribution in [3.05, 3.63) is 104 Å². The summed E-state index contributed by atoms with van der Waals surface area (Å²) in [6.07, 6.45) is 0.288. The van der Waals surface area contributed by atoms with Crippen molar-refractivity contribution in [1.82, 2.24) is 14.5 Å². The van der Waals surface area contributed by atoms with E-state index < -0.39 is 23.1 Å². The second-order valence-electron chi connectivity index (χ2n) is 8.63. The molecule has 3 aromatic heterocycles. The Morgan fingerprint density at radius 3 is 2.67 bits per heavy atom. The molecule has 1 aromatic carbocycles. The first-order valence-electron chi connectivity index (χ1n) is 11.8. The maximum Gasteiger partial charge on any atom is 0.421 e. The van der Waals surface area contributed by atoms with Crippen molar-refractivity contribution in [3.63, 3.8) is 0 Å². The van der Waals surface area contributed by atoms with Gasteiger partial charge in [-0.3, -0.25) is 14.8 Å². The van der Waals surface area contributed by atoms with Crippen LogP contribution < -0.4 is 10.3 Å². The number of aliphatic imine (C=N–C) groups is 1. The van der Waals surface area contributed by atoms with Crippen molar-refractivity contribution in [2.75, 3.05) is 0 Å². The van der Waals surface area contributed by atoms with Gasteiger partial charge in [0.15, 0.2) is 0 Å². The van der Waals surface area contributed by atoms with Crippen LogP contribution in [0.15, 0.2) is 69.8 Å². The van der Waals surface area contributed by atoms with E-state index in [1.807, 2.05) is 19.1 Å². The van der Waals surface area contributed by atoms with Gasteiger partial charge in [-0.15, -0.1) is 0 Å². The average molecular weight is 559 g/mol. The molecule has 3 heterocycles. The summed E-state index contributed by atoms with van der Waals surface area (Å²) in [5.41, 5.74) is 0.181. The molecule has 0 radical (unpaired) electrons. The van der Waals surface area contributed by atoms with E-state index in [0.29, 0.717) is 39.1 Å². The largest absolute Gasteiger partial charge is 0.486 e. The van der Waals surface area contributed by atoms with Crippen LogP contribution in [0.25, 0.3) is 16.6 Å². The number of rotatable bonds is 7. The highest BCUT2D eigenvalue weighted by Gasteiger charge is 2.34. The number of allylic oxidation sites excluding steroid dienone is 1. The van der Waals surface area contributed by atoms with Gasteiger partial charge < -0.3 is 9.30 Å². The maximum absolute atomic E-state index is 14.9. The van der Waals surface area contributed by atoms with E-state index in [0.717, 1.165) is 22.4 Å². The summed E-state index contributed by atoms with van der Waals surface area (Å²) in [5.74, 6) is -0.374. The van der Waals surface area contributed by atoms with Crippen LogP contribution in [0.2, 0.25) is 0 Å².